The monoisotopic (exact) mass is 310 g/mol. The van der Waals surface area contributed by atoms with Crippen molar-refractivity contribution in [3.8, 4) is 17.0 Å². The number of nitrogens with zero attached hydrogens (tertiary/aromatic N) is 3. The van der Waals surface area contributed by atoms with Crippen LogP contribution >= 0.6 is 0 Å². The standard InChI is InChI=1S/C16H18N6O/c1-2-7-23-14-6-4-11(9-19-14)10-3-5-13-12(8-10)15(22-18)21-16(17)20-13/h3-6,8-9H,2,7,18H2,1H3,(H3,17,20,21,22). The lowest BCUT2D eigenvalue weighted by Gasteiger charge is -2.09. The highest BCUT2D eigenvalue weighted by atomic mass is 16.5. The Morgan fingerprint density at radius 2 is 1.96 bits per heavy atom. The average Bonchev–Trinajstić information content (AvgIpc) is 2.59. The van der Waals surface area contributed by atoms with Crippen LogP contribution in [0, 0.1) is 0 Å². The molecule has 3 rings (SSSR count). The first-order valence-electron chi connectivity index (χ1n) is 7.34. The lowest BCUT2D eigenvalue weighted by atomic mass is 10.1. The summed E-state index contributed by atoms with van der Waals surface area (Å²) in [6.07, 6.45) is 2.73. The maximum Gasteiger partial charge on any atom is 0.222 e. The van der Waals surface area contributed by atoms with E-state index in [1.807, 2.05) is 30.3 Å². The Morgan fingerprint density at radius 3 is 2.65 bits per heavy atom. The number of rotatable bonds is 5. The van der Waals surface area contributed by atoms with Crippen LogP contribution in [0.5, 0.6) is 5.88 Å². The molecule has 0 radical (unpaired) electrons. The number of ether oxygens (including phenoxy) is 1. The predicted octanol–water partition coefficient (Wildman–Crippen LogP) is 2.35. The fourth-order valence-electron chi connectivity index (χ4n) is 2.28. The normalized spacial score (nSPS) is 10.7. The topological polar surface area (TPSA) is 112 Å². The van der Waals surface area contributed by atoms with Crippen LogP contribution in [0.2, 0.25) is 0 Å². The van der Waals surface area contributed by atoms with Crippen LogP contribution in [0.25, 0.3) is 22.0 Å². The van der Waals surface area contributed by atoms with E-state index in [9.17, 15) is 0 Å². The van der Waals surface area contributed by atoms with Crippen LogP contribution in [-0.4, -0.2) is 21.6 Å². The van der Waals surface area contributed by atoms with Gasteiger partial charge >= 0.3 is 0 Å². The van der Waals surface area contributed by atoms with E-state index < -0.39 is 0 Å². The molecule has 0 amide bonds. The van der Waals surface area contributed by atoms with Gasteiger partial charge in [-0.2, -0.15) is 4.98 Å². The van der Waals surface area contributed by atoms with Gasteiger partial charge in [0.05, 0.1) is 12.1 Å². The van der Waals surface area contributed by atoms with Gasteiger partial charge in [-0.05, 0) is 30.2 Å². The molecule has 0 aliphatic carbocycles. The minimum absolute atomic E-state index is 0.178. The molecule has 5 N–H and O–H groups in total. The third kappa shape index (κ3) is 3.14. The Hall–Kier alpha value is -2.93. The van der Waals surface area contributed by atoms with E-state index in [4.69, 9.17) is 16.3 Å². The molecule has 2 heterocycles. The lowest BCUT2D eigenvalue weighted by molar-refractivity contribution is 0.305. The van der Waals surface area contributed by atoms with E-state index in [2.05, 4.69) is 27.3 Å². The number of fused-ring (bicyclic) bond motifs is 1. The zero-order chi connectivity index (χ0) is 16.2. The number of hydrogen-bond donors (Lipinski definition) is 3. The second-order valence-corrected chi connectivity index (χ2v) is 5.04. The second kappa shape index (κ2) is 6.45. The van der Waals surface area contributed by atoms with Crippen molar-refractivity contribution in [2.45, 2.75) is 13.3 Å². The Labute approximate surface area is 133 Å². The van der Waals surface area contributed by atoms with Gasteiger partial charge in [-0.25, -0.2) is 15.8 Å². The van der Waals surface area contributed by atoms with Crippen molar-refractivity contribution in [1.29, 1.82) is 0 Å². The number of benzene rings is 1. The van der Waals surface area contributed by atoms with Gasteiger partial charge in [0.1, 0.15) is 0 Å². The third-order valence-corrected chi connectivity index (χ3v) is 3.37. The Morgan fingerprint density at radius 1 is 1.13 bits per heavy atom. The Bertz CT molecular complexity index is 819. The summed E-state index contributed by atoms with van der Waals surface area (Å²) in [6.45, 7) is 2.72. The Kier molecular flexibility index (Phi) is 4.20. The van der Waals surface area contributed by atoms with Gasteiger partial charge in [0.2, 0.25) is 11.8 Å². The molecule has 0 unspecified atom stereocenters. The number of nitrogen functional groups attached to an aromatic ring is 2. The first-order chi connectivity index (χ1) is 11.2. The zero-order valence-corrected chi connectivity index (χ0v) is 12.8. The van der Waals surface area contributed by atoms with E-state index in [0.29, 0.717) is 18.3 Å². The zero-order valence-electron chi connectivity index (χ0n) is 12.8. The quantitative estimate of drug-likeness (QED) is 0.490. The van der Waals surface area contributed by atoms with Gasteiger partial charge in [-0.15, -0.1) is 0 Å². The minimum atomic E-state index is 0.178. The van der Waals surface area contributed by atoms with Gasteiger partial charge < -0.3 is 15.9 Å². The molecule has 0 aliphatic rings. The average molecular weight is 310 g/mol. The lowest BCUT2D eigenvalue weighted by Crippen LogP contribution is -2.11. The van der Waals surface area contributed by atoms with Crippen molar-refractivity contribution in [2.24, 2.45) is 5.84 Å². The van der Waals surface area contributed by atoms with Crippen LogP contribution < -0.4 is 21.7 Å². The molecule has 118 valence electrons. The largest absolute Gasteiger partial charge is 0.478 e. The molecule has 0 spiro atoms. The summed E-state index contributed by atoms with van der Waals surface area (Å²) in [6, 6.07) is 9.61. The summed E-state index contributed by atoms with van der Waals surface area (Å²) >= 11 is 0. The molecular weight excluding hydrogens is 292 g/mol. The first kappa shape index (κ1) is 15.0. The molecule has 0 saturated carbocycles. The van der Waals surface area contributed by atoms with Crippen molar-refractivity contribution >= 4 is 22.7 Å². The molecule has 0 saturated heterocycles. The van der Waals surface area contributed by atoms with Crippen molar-refractivity contribution in [2.75, 3.05) is 17.8 Å². The van der Waals surface area contributed by atoms with E-state index in [0.717, 1.165) is 28.5 Å². The van der Waals surface area contributed by atoms with Gasteiger partial charge in [0, 0.05) is 23.2 Å². The number of aromatic nitrogens is 3. The van der Waals surface area contributed by atoms with Crippen molar-refractivity contribution in [3.63, 3.8) is 0 Å². The highest BCUT2D eigenvalue weighted by Crippen LogP contribution is 2.27. The van der Waals surface area contributed by atoms with Crippen LogP contribution in [0.1, 0.15) is 13.3 Å². The number of hydrogen-bond acceptors (Lipinski definition) is 7. The molecular formula is C16H18N6O. The maximum atomic E-state index is 5.66. The molecule has 0 fully saturated rings. The summed E-state index contributed by atoms with van der Waals surface area (Å²) in [4.78, 5) is 12.6. The fourth-order valence-corrected chi connectivity index (χ4v) is 2.28. The minimum Gasteiger partial charge on any atom is -0.478 e. The first-order valence-corrected chi connectivity index (χ1v) is 7.34. The second-order valence-electron chi connectivity index (χ2n) is 5.04. The number of pyridine rings is 1. The van der Waals surface area contributed by atoms with Gasteiger partial charge in [0.15, 0.2) is 5.82 Å². The number of hydrazine groups is 1. The fraction of sp³-hybridized carbons (Fsp3) is 0.188. The molecule has 23 heavy (non-hydrogen) atoms. The van der Waals surface area contributed by atoms with E-state index >= 15 is 0 Å². The summed E-state index contributed by atoms with van der Waals surface area (Å²) in [5.74, 6) is 6.81. The van der Waals surface area contributed by atoms with Crippen molar-refractivity contribution < 1.29 is 4.74 Å². The van der Waals surface area contributed by atoms with Crippen LogP contribution in [-0.2, 0) is 0 Å². The summed E-state index contributed by atoms with van der Waals surface area (Å²) in [5.41, 5.74) is 10.9. The van der Waals surface area contributed by atoms with Crippen molar-refractivity contribution in [1.82, 2.24) is 15.0 Å². The highest BCUT2D eigenvalue weighted by Gasteiger charge is 2.08. The summed E-state index contributed by atoms with van der Waals surface area (Å²) < 4.78 is 5.49. The smallest absolute Gasteiger partial charge is 0.222 e. The van der Waals surface area contributed by atoms with Crippen LogP contribution in [0.15, 0.2) is 36.5 Å². The van der Waals surface area contributed by atoms with Crippen LogP contribution in [0.4, 0.5) is 11.8 Å². The predicted molar refractivity (Wildman–Crippen MR) is 90.8 cm³/mol. The molecule has 2 aromatic heterocycles. The number of nitrogens with one attached hydrogen (secondary N) is 1. The number of anilines is 2. The van der Waals surface area contributed by atoms with Crippen molar-refractivity contribution in [3.05, 3.63) is 36.5 Å². The SMILES string of the molecule is CCCOc1ccc(-c2ccc3nc(N)nc(NN)c3c2)cn1. The molecule has 0 aliphatic heterocycles. The molecule has 1 aromatic carbocycles. The molecule has 0 atom stereocenters. The van der Waals surface area contributed by atoms with E-state index in [1.165, 1.54) is 0 Å². The molecule has 7 heteroatoms. The third-order valence-electron chi connectivity index (χ3n) is 3.37. The van der Waals surface area contributed by atoms with Crippen LogP contribution in [0.3, 0.4) is 0 Å². The van der Waals surface area contributed by atoms with E-state index in [-0.39, 0.29) is 5.95 Å². The molecule has 0 bridgehead atoms. The van der Waals surface area contributed by atoms with Gasteiger partial charge in [-0.1, -0.05) is 13.0 Å². The molecule has 7 nitrogen and oxygen atoms in total. The maximum absolute atomic E-state index is 5.66. The number of nitrogens with two attached hydrogens (primary N) is 2. The summed E-state index contributed by atoms with van der Waals surface area (Å²) in [7, 11) is 0. The summed E-state index contributed by atoms with van der Waals surface area (Å²) in [5, 5.41) is 0.797. The Balaban J connectivity index is 1.98. The van der Waals surface area contributed by atoms with Gasteiger partial charge in [-0.3, -0.25) is 0 Å². The highest BCUT2D eigenvalue weighted by molar-refractivity contribution is 5.93. The molecule has 3 aromatic rings. The van der Waals surface area contributed by atoms with Gasteiger partial charge in [0.25, 0.3) is 0 Å². The van der Waals surface area contributed by atoms with E-state index in [1.54, 1.807) is 6.20 Å².